The Morgan fingerprint density at radius 2 is 1.94 bits per heavy atom. The summed E-state index contributed by atoms with van der Waals surface area (Å²) in [4.78, 5) is 35.0. The Morgan fingerprint density at radius 3 is 2.54 bits per heavy atom. The van der Waals surface area contributed by atoms with Crippen LogP contribution in [0.1, 0.15) is 46.4 Å². The number of hydrogen-bond acceptors (Lipinski definition) is 6. The molecule has 1 aliphatic rings. The minimum absolute atomic E-state index is 0.0821. The summed E-state index contributed by atoms with van der Waals surface area (Å²) in [5, 5.41) is 11.9. The van der Waals surface area contributed by atoms with Gasteiger partial charge in [0.25, 0.3) is 11.5 Å². The number of alkyl halides is 3. The van der Waals surface area contributed by atoms with Gasteiger partial charge < -0.3 is 20.1 Å². The van der Waals surface area contributed by atoms with E-state index in [2.05, 4.69) is 25.0 Å². The van der Waals surface area contributed by atoms with Crippen LogP contribution >= 0.6 is 0 Å². The summed E-state index contributed by atoms with van der Waals surface area (Å²) >= 11 is 0. The van der Waals surface area contributed by atoms with Crippen LogP contribution in [0.25, 0.3) is 11.5 Å². The van der Waals surface area contributed by atoms with Gasteiger partial charge in [-0.3, -0.25) is 9.59 Å². The lowest BCUT2D eigenvalue weighted by Gasteiger charge is -2.18. The van der Waals surface area contributed by atoms with Crippen LogP contribution in [0.2, 0.25) is 0 Å². The minimum atomic E-state index is -5.11. The Balaban J connectivity index is 1.56. The highest BCUT2D eigenvalue weighted by Crippen LogP contribution is 2.40. The van der Waals surface area contributed by atoms with Gasteiger partial charge in [0.05, 0.1) is 12.6 Å². The number of aliphatic hydroxyl groups excluding tert-OH is 1. The molecule has 184 valence electrons. The van der Waals surface area contributed by atoms with Gasteiger partial charge >= 0.3 is 6.36 Å². The van der Waals surface area contributed by atoms with Crippen LogP contribution in [0.5, 0.6) is 5.75 Å². The molecule has 0 spiro atoms. The Hall–Kier alpha value is -3.87. The van der Waals surface area contributed by atoms with Crippen LogP contribution in [0.15, 0.2) is 41.3 Å². The van der Waals surface area contributed by atoms with Gasteiger partial charge in [0.2, 0.25) is 0 Å². The molecule has 3 aromatic rings. The number of nitrogens with one attached hydrogen (secondary N) is 2. The van der Waals surface area contributed by atoms with Crippen molar-refractivity contribution in [3.05, 3.63) is 75.3 Å². The quantitative estimate of drug-likeness (QED) is 0.432. The first-order chi connectivity index (χ1) is 16.5. The van der Waals surface area contributed by atoms with Crippen molar-refractivity contribution in [2.24, 2.45) is 0 Å². The number of H-pyrrole nitrogens is 1. The molecule has 0 aliphatic heterocycles. The van der Waals surface area contributed by atoms with Crippen LogP contribution < -0.4 is 15.6 Å². The maximum absolute atomic E-state index is 14.6. The first-order valence-electron chi connectivity index (χ1n) is 10.3. The highest BCUT2D eigenvalue weighted by atomic mass is 19.4. The number of rotatable bonds is 7. The largest absolute Gasteiger partial charge is 0.573 e. The fourth-order valence-corrected chi connectivity index (χ4v) is 3.36. The molecule has 1 fully saturated rings. The van der Waals surface area contributed by atoms with Crippen LogP contribution in [0.4, 0.5) is 22.0 Å². The average molecular weight is 496 g/mol. The molecule has 4 rings (SSSR count). The van der Waals surface area contributed by atoms with Crippen molar-refractivity contribution in [1.29, 1.82) is 0 Å². The number of halogens is 5. The lowest BCUT2D eigenvalue weighted by Crippen LogP contribution is -2.32. The summed E-state index contributed by atoms with van der Waals surface area (Å²) in [6.45, 7) is -0.764. The first kappa shape index (κ1) is 24.3. The van der Waals surface area contributed by atoms with E-state index in [0.29, 0.717) is 17.7 Å². The lowest BCUT2D eigenvalue weighted by molar-refractivity contribution is -0.275. The SMILES string of the molecule is O=C(NC(CO)c1ccc(OC(F)(F)F)c(F)c1)c1cc(=O)[nH]c(-c2ncc(C3CC3)cc2F)n1. The van der Waals surface area contributed by atoms with Gasteiger partial charge in [0.1, 0.15) is 11.4 Å². The van der Waals surface area contributed by atoms with Crippen LogP contribution in [0, 0.1) is 11.6 Å². The van der Waals surface area contributed by atoms with Crippen molar-refractivity contribution in [2.75, 3.05) is 6.61 Å². The van der Waals surface area contributed by atoms with E-state index in [0.717, 1.165) is 25.0 Å². The first-order valence-corrected chi connectivity index (χ1v) is 10.3. The predicted octanol–water partition coefficient (Wildman–Crippen LogP) is 3.35. The molecule has 35 heavy (non-hydrogen) atoms. The van der Waals surface area contributed by atoms with E-state index in [-0.39, 0.29) is 23.0 Å². The zero-order chi connectivity index (χ0) is 25.3. The van der Waals surface area contributed by atoms with Gasteiger partial charge in [-0.1, -0.05) is 6.07 Å². The van der Waals surface area contributed by atoms with E-state index in [1.807, 2.05) is 0 Å². The molecule has 1 aliphatic carbocycles. The summed E-state index contributed by atoms with van der Waals surface area (Å²) in [6, 6.07) is 3.20. The zero-order valence-corrected chi connectivity index (χ0v) is 17.7. The highest BCUT2D eigenvalue weighted by molar-refractivity contribution is 5.92. The van der Waals surface area contributed by atoms with E-state index in [1.165, 1.54) is 12.3 Å². The third-order valence-electron chi connectivity index (χ3n) is 5.18. The number of hydrogen-bond donors (Lipinski definition) is 3. The molecule has 1 amide bonds. The second-order valence-corrected chi connectivity index (χ2v) is 7.80. The molecule has 2 aromatic heterocycles. The number of pyridine rings is 1. The van der Waals surface area contributed by atoms with Crippen molar-refractivity contribution < 1.29 is 36.6 Å². The number of ether oxygens (including phenoxy) is 1. The Labute approximate surface area is 193 Å². The molecule has 13 heteroatoms. The van der Waals surface area contributed by atoms with Crippen LogP contribution in [-0.2, 0) is 0 Å². The highest BCUT2D eigenvalue weighted by Gasteiger charge is 2.32. The van der Waals surface area contributed by atoms with Gasteiger partial charge in [0, 0.05) is 12.3 Å². The van der Waals surface area contributed by atoms with Crippen molar-refractivity contribution in [2.45, 2.75) is 31.2 Å². The Kier molecular flexibility index (Phi) is 6.52. The van der Waals surface area contributed by atoms with Gasteiger partial charge in [-0.2, -0.15) is 0 Å². The fraction of sp³-hybridized carbons (Fsp3) is 0.273. The van der Waals surface area contributed by atoms with Crippen molar-refractivity contribution in [3.8, 4) is 17.3 Å². The molecular formula is C22H17F5N4O4. The number of benzene rings is 1. The number of aliphatic hydroxyl groups is 1. The van der Waals surface area contributed by atoms with Gasteiger partial charge in [-0.25, -0.2) is 18.7 Å². The smallest absolute Gasteiger partial charge is 0.403 e. The summed E-state index contributed by atoms with van der Waals surface area (Å²) in [7, 11) is 0. The molecule has 3 N–H and O–H groups in total. The van der Waals surface area contributed by atoms with E-state index < -0.39 is 53.6 Å². The molecule has 1 unspecified atom stereocenters. The second-order valence-electron chi connectivity index (χ2n) is 7.80. The normalized spacial score (nSPS) is 14.5. The predicted molar refractivity (Wildman–Crippen MR) is 110 cm³/mol. The van der Waals surface area contributed by atoms with E-state index in [4.69, 9.17) is 0 Å². The maximum atomic E-state index is 14.6. The molecule has 2 heterocycles. The third kappa shape index (κ3) is 5.80. The Morgan fingerprint density at radius 1 is 1.20 bits per heavy atom. The lowest BCUT2D eigenvalue weighted by atomic mass is 10.1. The Bertz CT molecular complexity index is 1320. The molecule has 0 saturated heterocycles. The average Bonchev–Trinajstić information content (AvgIpc) is 3.63. The number of carbonyl (C=O) groups is 1. The maximum Gasteiger partial charge on any atom is 0.573 e. The van der Waals surface area contributed by atoms with Crippen molar-refractivity contribution >= 4 is 5.91 Å². The van der Waals surface area contributed by atoms with Gasteiger partial charge in [0.15, 0.2) is 23.2 Å². The topological polar surface area (TPSA) is 117 Å². The molecule has 1 aromatic carbocycles. The standard InChI is InChI=1S/C22H17F5N4O4/c23-13-5-11(3-4-17(13)35-22(25,26)27)16(9-32)30-21(34)15-7-18(33)31-20(29-15)19-14(24)6-12(8-28-19)10-1-2-10/h3-8,10,16,32H,1-2,9H2,(H,30,34)(H,29,31,33). The summed E-state index contributed by atoms with van der Waals surface area (Å²) in [5.41, 5.74) is -0.879. The summed E-state index contributed by atoms with van der Waals surface area (Å²) in [5.74, 6) is -4.25. The summed E-state index contributed by atoms with van der Waals surface area (Å²) < 4.78 is 69.1. The monoisotopic (exact) mass is 496 g/mol. The van der Waals surface area contributed by atoms with E-state index in [1.54, 1.807) is 0 Å². The van der Waals surface area contributed by atoms with E-state index in [9.17, 15) is 36.6 Å². The molecule has 0 bridgehead atoms. The van der Waals surface area contributed by atoms with Gasteiger partial charge in [-0.05, 0) is 48.1 Å². The van der Waals surface area contributed by atoms with Crippen LogP contribution in [-0.4, -0.2) is 38.9 Å². The van der Waals surface area contributed by atoms with Crippen molar-refractivity contribution in [3.63, 3.8) is 0 Å². The fourth-order valence-electron chi connectivity index (χ4n) is 3.36. The number of nitrogens with zero attached hydrogens (tertiary/aromatic N) is 2. The van der Waals surface area contributed by atoms with Crippen molar-refractivity contribution in [1.82, 2.24) is 20.3 Å². The van der Waals surface area contributed by atoms with Gasteiger partial charge in [-0.15, -0.1) is 13.2 Å². The third-order valence-corrected chi connectivity index (χ3v) is 5.18. The molecular weight excluding hydrogens is 479 g/mol. The molecule has 0 radical (unpaired) electrons. The summed E-state index contributed by atoms with van der Waals surface area (Å²) in [6.07, 6.45) is -1.78. The number of amides is 1. The molecule has 1 atom stereocenters. The van der Waals surface area contributed by atoms with E-state index >= 15 is 0 Å². The zero-order valence-electron chi connectivity index (χ0n) is 17.7. The molecule has 8 nitrogen and oxygen atoms in total. The number of aromatic nitrogens is 3. The number of carbonyl (C=O) groups excluding carboxylic acids is 1. The van der Waals surface area contributed by atoms with Crippen LogP contribution in [0.3, 0.4) is 0 Å². The second kappa shape index (κ2) is 9.41. The number of aromatic amines is 1. The molecule has 1 saturated carbocycles. The minimum Gasteiger partial charge on any atom is -0.403 e.